The molecule has 0 aliphatic heterocycles. The van der Waals surface area contributed by atoms with Crippen molar-refractivity contribution in [3.63, 3.8) is 0 Å². The summed E-state index contributed by atoms with van der Waals surface area (Å²) in [5.41, 5.74) is 5.45. The highest BCUT2D eigenvalue weighted by Gasteiger charge is 2.28. The van der Waals surface area contributed by atoms with Crippen molar-refractivity contribution >= 4 is 18.3 Å². The lowest BCUT2D eigenvalue weighted by Gasteiger charge is -2.31. The van der Waals surface area contributed by atoms with E-state index in [1.54, 1.807) is 0 Å². The Morgan fingerprint density at radius 2 is 1.68 bits per heavy atom. The molecule has 0 aromatic heterocycles. The maximum atomic E-state index is 12.5. The molecule has 0 spiro atoms. The molecule has 0 heterocycles. The van der Waals surface area contributed by atoms with Crippen LogP contribution in [0.5, 0.6) is 17.2 Å². The maximum Gasteiger partial charge on any atom is 0.387 e. The molecular weight excluding hydrogens is 358 g/mol. The molecule has 0 saturated carbocycles. The van der Waals surface area contributed by atoms with Crippen molar-refractivity contribution in [2.24, 2.45) is 5.73 Å². The van der Waals surface area contributed by atoms with Crippen LogP contribution < -0.4 is 25.3 Å². The average Bonchev–Trinajstić information content (AvgIpc) is 2.59. The fraction of sp³-hybridized carbons (Fsp3) is 0.562. The standard InChI is InChI=1S/C16H24F2N2O4.ClH/c1-5-16(6-2,9-19)20-14(21)10-7-11(22-3)13(24-15(17)18)12(8-10)23-4;/h7-8,15H,5-6,9,19H2,1-4H3,(H,20,21);1H. The largest absolute Gasteiger partial charge is 0.493 e. The summed E-state index contributed by atoms with van der Waals surface area (Å²) in [7, 11) is 2.58. The number of hydrogen-bond donors (Lipinski definition) is 2. The molecule has 1 aromatic carbocycles. The number of alkyl halides is 2. The second-order valence-electron chi connectivity index (χ2n) is 5.23. The van der Waals surface area contributed by atoms with Gasteiger partial charge in [-0.25, -0.2) is 0 Å². The first-order chi connectivity index (χ1) is 11.4. The Morgan fingerprint density at radius 3 is 2.00 bits per heavy atom. The van der Waals surface area contributed by atoms with E-state index < -0.39 is 18.1 Å². The first-order valence-electron chi connectivity index (χ1n) is 7.59. The number of rotatable bonds is 9. The Kier molecular flexibility index (Phi) is 9.51. The van der Waals surface area contributed by atoms with E-state index in [-0.39, 0.29) is 41.8 Å². The van der Waals surface area contributed by atoms with Crippen LogP contribution in [0.25, 0.3) is 0 Å². The monoisotopic (exact) mass is 382 g/mol. The molecule has 6 nitrogen and oxygen atoms in total. The van der Waals surface area contributed by atoms with Gasteiger partial charge >= 0.3 is 6.61 Å². The Bertz CT molecular complexity index is 536. The minimum Gasteiger partial charge on any atom is -0.493 e. The third-order valence-electron chi connectivity index (χ3n) is 4.05. The number of nitrogens with two attached hydrogens (primary N) is 1. The Hall–Kier alpha value is -1.80. The van der Waals surface area contributed by atoms with Crippen molar-refractivity contribution in [2.75, 3.05) is 20.8 Å². The number of ether oxygens (including phenoxy) is 3. The lowest BCUT2D eigenvalue weighted by Crippen LogP contribution is -2.52. The van der Waals surface area contributed by atoms with Crippen LogP contribution in [-0.2, 0) is 0 Å². The van der Waals surface area contributed by atoms with Crippen LogP contribution in [0, 0.1) is 0 Å². The zero-order valence-electron chi connectivity index (χ0n) is 14.7. The second kappa shape index (κ2) is 10.2. The van der Waals surface area contributed by atoms with E-state index in [0.717, 1.165) is 0 Å². The summed E-state index contributed by atoms with van der Waals surface area (Å²) >= 11 is 0. The van der Waals surface area contributed by atoms with E-state index in [1.807, 2.05) is 13.8 Å². The van der Waals surface area contributed by atoms with Gasteiger partial charge < -0.3 is 25.3 Å². The number of amides is 1. The highest BCUT2D eigenvalue weighted by Crippen LogP contribution is 2.39. The smallest absolute Gasteiger partial charge is 0.387 e. The molecule has 1 aromatic rings. The Balaban J connectivity index is 0.00000576. The number of benzene rings is 1. The van der Waals surface area contributed by atoms with Crippen LogP contribution in [0.2, 0.25) is 0 Å². The van der Waals surface area contributed by atoms with E-state index in [4.69, 9.17) is 15.2 Å². The fourth-order valence-electron chi connectivity index (χ4n) is 2.30. The third kappa shape index (κ3) is 5.61. The number of nitrogens with one attached hydrogen (secondary N) is 1. The molecule has 1 amide bonds. The number of hydrogen-bond acceptors (Lipinski definition) is 5. The van der Waals surface area contributed by atoms with E-state index in [1.165, 1.54) is 26.4 Å². The number of carbonyl (C=O) groups excluding carboxylic acids is 1. The van der Waals surface area contributed by atoms with Crippen LogP contribution in [0.3, 0.4) is 0 Å². The SMILES string of the molecule is CCC(CC)(CN)NC(=O)c1cc(OC)c(OC(F)F)c(OC)c1.Cl. The summed E-state index contributed by atoms with van der Waals surface area (Å²) in [6, 6.07) is 2.64. The van der Waals surface area contributed by atoms with Gasteiger partial charge in [-0.3, -0.25) is 4.79 Å². The highest BCUT2D eigenvalue weighted by molar-refractivity contribution is 5.96. The summed E-state index contributed by atoms with van der Waals surface area (Å²) < 4.78 is 39.6. The number of methoxy groups -OCH3 is 2. The molecular formula is C16H25ClF2N2O4. The molecule has 3 N–H and O–H groups in total. The Morgan fingerprint density at radius 1 is 1.20 bits per heavy atom. The molecule has 0 radical (unpaired) electrons. The quantitative estimate of drug-likeness (QED) is 0.686. The molecule has 0 unspecified atom stereocenters. The molecule has 0 atom stereocenters. The van der Waals surface area contributed by atoms with E-state index in [2.05, 4.69) is 10.1 Å². The van der Waals surface area contributed by atoms with Crippen LogP contribution in [0.15, 0.2) is 12.1 Å². The summed E-state index contributed by atoms with van der Waals surface area (Å²) in [4.78, 5) is 12.5. The minimum atomic E-state index is -3.04. The topological polar surface area (TPSA) is 82.8 Å². The predicted octanol–water partition coefficient (Wildman–Crippen LogP) is 2.97. The molecule has 0 saturated heterocycles. The molecule has 1 rings (SSSR count). The van der Waals surface area contributed by atoms with Crippen molar-refractivity contribution in [1.82, 2.24) is 5.32 Å². The van der Waals surface area contributed by atoms with E-state index >= 15 is 0 Å². The second-order valence-corrected chi connectivity index (χ2v) is 5.23. The van der Waals surface area contributed by atoms with Crippen LogP contribution >= 0.6 is 12.4 Å². The van der Waals surface area contributed by atoms with Gasteiger partial charge in [0, 0.05) is 12.1 Å². The van der Waals surface area contributed by atoms with Gasteiger partial charge in [-0.2, -0.15) is 8.78 Å². The van der Waals surface area contributed by atoms with Gasteiger partial charge in [0.05, 0.1) is 19.8 Å². The van der Waals surface area contributed by atoms with Gasteiger partial charge in [0.25, 0.3) is 5.91 Å². The van der Waals surface area contributed by atoms with Gasteiger partial charge in [0.2, 0.25) is 5.75 Å². The summed E-state index contributed by atoms with van der Waals surface area (Å²) in [5, 5.41) is 2.89. The highest BCUT2D eigenvalue weighted by atomic mass is 35.5. The zero-order chi connectivity index (χ0) is 18.3. The van der Waals surface area contributed by atoms with Crippen molar-refractivity contribution < 1.29 is 27.8 Å². The van der Waals surface area contributed by atoms with Crippen molar-refractivity contribution in [1.29, 1.82) is 0 Å². The molecule has 9 heteroatoms. The first kappa shape index (κ1) is 23.2. The molecule has 0 aliphatic rings. The van der Waals surface area contributed by atoms with E-state index in [0.29, 0.717) is 12.8 Å². The lowest BCUT2D eigenvalue weighted by atomic mass is 9.92. The van der Waals surface area contributed by atoms with Gasteiger partial charge in [-0.05, 0) is 25.0 Å². The van der Waals surface area contributed by atoms with Gasteiger partial charge in [-0.15, -0.1) is 12.4 Å². The number of carbonyl (C=O) groups is 1. The fourth-order valence-corrected chi connectivity index (χ4v) is 2.30. The summed E-state index contributed by atoms with van der Waals surface area (Å²) in [6.45, 7) is 1.10. The van der Waals surface area contributed by atoms with Crippen molar-refractivity contribution in [3.8, 4) is 17.2 Å². The minimum absolute atomic E-state index is 0. The first-order valence-corrected chi connectivity index (χ1v) is 7.59. The molecule has 144 valence electrons. The van der Waals surface area contributed by atoms with Gasteiger partial charge in [0.1, 0.15) is 0 Å². The summed E-state index contributed by atoms with van der Waals surface area (Å²) in [5.74, 6) is -0.704. The molecule has 0 aliphatic carbocycles. The van der Waals surface area contributed by atoms with Crippen molar-refractivity contribution in [3.05, 3.63) is 17.7 Å². The molecule has 0 fully saturated rings. The third-order valence-corrected chi connectivity index (χ3v) is 4.05. The van der Waals surface area contributed by atoms with Crippen LogP contribution in [-0.4, -0.2) is 38.8 Å². The summed E-state index contributed by atoms with van der Waals surface area (Å²) in [6.07, 6.45) is 1.32. The Labute approximate surface area is 152 Å². The molecule has 0 bridgehead atoms. The maximum absolute atomic E-state index is 12.5. The zero-order valence-corrected chi connectivity index (χ0v) is 15.5. The van der Waals surface area contributed by atoms with Crippen molar-refractivity contribution in [2.45, 2.75) is 38.8 Å². The average molecular weight is 383 g/mol. The lowest BCUT2D eigenvalue weighted by molar-refractivity contribution is -0.0526. The van der Waals surface area contributed by atoms with Gasteiger partial charge in [-0.1, -0.05) is 13.8 Å². The predicted molar refractivity (Wildman–Crippen MR) is 93.3 cm³/mol. The van der Waals surface area contributed by atoms with Crippen LogP contribution in [0.1, 0.15) is 37.0 Å². The number of halogens is 3. The van der Waals surface area contributed by atoms with Crippen LogP contribution in [0.4, 0.5) is 8.78 Å². The normalized spacial score (nSPS) is 10.9. The van der Waals surface area contributed by atoms with Gasteiger partial charge in [0.15, 0.2) is 11.5 Å². The molecule has 25 heavy (non-hydrogen) atoms. The van der Waals surface area contributed by atoms with E-state index in [9.17, 15) is 13.6 Å².